The zero-order chi connectivity index (χ0) is 22.1. The molecule has 2 aromatic rings. The average molecular weight is 454 g/mol. The predicted octanol–water partition coefficient (Wildman–Crippen LogP) is 2.69. The van der Waals surface area contributed by atoms with Gasteiger partial charge in [-0.2, -0.15) is 0 Å². The van der Waals surface area contributed by atoms with Gasteiger partial charge in [0.2, 0.25) is 5.91 Å². The number of carbonyl (C=O) groups excluding carboxylic acids is 2. The largest absolute Gasteiger partial charge is 0.538 e. The van der Waals surface area contributed by atoms with Crippen molar-refractivity contribution in [3.8, 4) is 5.95 Å². The van der Waals surface area contributed by atoms with E-state index < -0.39 is 11.9 Å². The number of fused-ring (bicyclic) bond motifs is 1. The minimum atomic E-state index is -0.518. The Hall–Kier alpha value is -2.07. The third-order valence-electron chi connectivity index (χ3n) is 5.42. The molecule has 0 bridgehead atoms. The first kappa shape index (κ1) is 22.6. The Balaban J connectivity index is 1.71. The standard InChI is InChI=1S/C20H27N3O5S2/c1-20(2,3)11-6-7-12-13(10-11)30-16(15(12)18(25)27-5)21-14(24)8-9-29-17-19(26)28-22-23(17)4/h11H,6-10H2,1-5H3,(H-,21,22,24,25,26). The van der Waals surface area contributed by atoms with Crippen molar-refractivity contribution in [1.29, 1.82) is 0 Å². The lowest BCUT2D eigenvalue weighted by Crippen LogP contribution is -2.32. The fraction of sp³-hybridized carbons (Fsp3) is 0.600. The molecule has 0 aromatic carbocycles. The van der Waals surface area contributed by atoms with Crippen LogP contribution in [0.25, 0.3) is 0 Å². The predicted molar refractivity (Wildman–Crippen MR) is 112 cm³/mol. The lowest BCUT2D eigenvalue weighted by Gasteiger charge is -2.33. The summed E-state index contributed by atoms with van der Waals surface area (Å²) in [5, 5.41) is 18.9. The van der Waals surface area contributed by atoms with Crippen LogP contribution in [0.2, 0.25) is 0 Å². The first-order valence-electron chi connectivity index (χ1n) is 9.80. The number of ether oxygens (including phenoxy) is 1. The molecule has 8 nitrogen and oxygen atoms in total. The van der Waals surface area contributed by atoms with Gasteiger partial charge in [0.1, 0.15) is 5.00 Å². The second-order valence-electron chi connectivity index (χ2n) is 8.44. The molecule has 1 aliphatic carbocycles. The summed E-state index contributed by atoms with van der Waals surface area (Å²) in [6.07, 6.45) is 2.90. The molecule has 3 rings (SSSR count). The van der Waals surface area contributed by atoms with Gasteiger partial charge < -0.3 is 19.7 Å². The van der Waals surface area contributed by atoms with Gasteiger partial charge in [-0.05, 0) is 36.2 Å². The van der Waals surface area contributed by atoms with Gasteiger partial charge in [-0.25, -0.2) is 4.79 Å². The van der Waals surface area contributed by atoms with E-state index in [-0.39, 0.29) is 17.7 Å². The lowest BCUT2D eigenvalue weighted by atomic mass is 9.72. The fourth-order valence-corrected chi connectivity index (χ4v) is 5.81. The number of hydrogen-bond donors (Lipinski definition) is 1. The van der Waals surface area contributed by atoms with E-state index in [1.54, 1.807) is 7.05 Å². The highest BCUT2D eigenvalue weighted by atomic mass is 32.2. The van der Waals surface area contributed by atoms with E-state index in [1.807, 2.05) is 0 Å². The highest BCUT2D eigenvalue weighted by Crippen LogP contribution is 2.44. The minimum absolute atomic E-state index is 0.184. The van der Waals surface area contributed by atoms with E-state index in [9.17, 15) is 14.7 Å². The van der Waals surface area contributed by atoms with Gasteiger partial charge in [0.25, 0.3) is 5.03 Å². The average Bonchev–Trinajstić information content (AvgIpc) is 3.19. The molecule has 2 heterocycles. The van der Waals surface area contributed by atoms with Gasteiger partial charge in [0.15, 0.2) is 13.0 Å². The van der Waals surface area contributed by atoms with E-state index >= 15 is 0 Å². The third-order valence-corrected chi connectivity index (χ3v) is 7.70. The monoisotopic (exact) mass is 453 g/mol. The van der Waals surface area contributed by atoms with Gasteiger partial charge >= 0.3 is 5.97 Å². The molecule has 0 saturated heterocycles. The van der Waals surface area contributed by atoms with Crippen molar-refractivity contribution >= 4 is 40.0 Å². The Morgan fingerprint density at radius 1 is 1.43 bits per heavy atom. The Labute approximate surface area is 183 Å². The molecule has 1 unspecified atom stereocenters. The van der Waals surface area contributed by atoms with Crippen molar-refractivity contribution in [3.05, 3.63) is 16.0 Å². The molecule has 1 N–H and O–H groups in total. The summed E-state index contributed by atoms with van der Waals surface area (Å²) in [5.41, 5.74) is 1.68. The molecule has 1 aliphatic rings. The number of nitrogens with zero attached hydrogens (tertiary/aromatic N) is 2. The fourth-order valence-electron chi connectivity index (χ4n) is 3.62. The quantitative estimate of drug-likeness (QED) is 0.407. The van der Waals surface area contributed by atoms with Crippen LogP contribution in [-0.4, -0.2) is 30.0 Å². The van der Waals surface area contributed by atoms with Crippen molar-refractivity contribution in [2.75, 3.05) is 18.2 Å². The summed E-state index contributed by atoms with van der Waals surface area (Å²) in [5.74, 6) is -0.236. The van der Waals surface area contributed by atoms with Crippen LogP contribution >= 0.6 is 23.1 Å². The zero-order valence-electron chi connectivity index (χ0n) is 17.9. The molecule has 0 radical (unpaired) electrons. The number of aromatic nitrogens is 2. The zero-order valence-corrected chi connectivity index (χ0v) is 19.5. The van der Waals surface area contributed by atoms with E-state index in [0.717, 1.165) is 29.7 Å². The Kier molecular flexibility index (Phi) is 6.76. The van der Waals surface area contributed by atoms with Gasteiger partial charge in [0.05, 0.1) is 17.9 Å². The van der Waals surface area contributed by atoms with Crippen LogP contribution in [0.3, 0.4) is 0 Å². The smallest absolute Gasteiger partial charge is 0.341 e. The number of nitrogens with one attached hydrogen (secondary N) is 1. The SMILES string of the molecule is COC(=O)c1c(NC(=O)CCSc2c([O-])on[n+]2C)sc2c1CCC(C(C)(C)C)C2. The van der Waals surface area contributed by atoms with Gasteiger partial charge in [0, 0.05) is 17.1 Å². The molecule has 0 fully saturated rings. The maximum absolute atomic E-state index is 12.5. The summed E-state index contributed by atoms with van der Waals surface area (Å²) in [7, 11) is 2.96. The molecule has 2 aromatic heterocycles. The molecule has 164 valence electrons. The van der Waals surface area contributed by atoms with E-state index in [2.05, 4.69) is 35.9 Å². The van der Waals surface area contributed by atoms with Crippen molar-refractivity contribution in [1.82, 2.24) is 5.27 Å². The number of rotatable bonds is 6. The molecular weight excluding hydrogens is 426 g/mol. The van der Waals surface area contributed by atoms with Crippen LogP contribution in [-0.2, 0) is 29.4 Å². The summed E-state index contributed by atoms with van der Waals surface area (Å²) >= 11 is 2.68. The Morgan fingerprint density at radius 2 is 2.17 bits per heavy atom. The van der Waals surface area contributed by atoms with Gasteiger partial charge in [-0.15, -0.1) is 11.3 Å². The van der Waals surface area contributed by atoms with Crippen LogP contribution in [0.5, 0.6) is 5.95 Å². The summed E-state index contributed by atoms with van der Waals surface area (Å²) in [4.78, 5) is 26.1. The normalized spacial score (nSPS) is 16.2. The number of amides is 1. The molecule has 0 saturated carbocycles. The molecule has 1 atom stereocenters. The van der Waals surface area contributed by atoms with E-state index in [0.29, 0.717) is 27.3 Å². The topological polar surface area (TPSA) is 108 Å². The summed E-state index contributed by atoms with van der Waals surface area (Å²) in [6.45, 7) is 6.71. The van der Waals surface area contributed by atoms with Crippen LogP contribution in [0.4, 0.5) is 5.00 Å². The van der Waals surface area contributed by atoms with Crippen molar-refractivity contribution in [3.63, 3.8) is 0 Å². The molecular formula is C20H27N3O5S2. The maximum atomic E-state index is 12.5. The van der Waals surface area contributed by atoms with Gasteiger partial charge in [-0.1, -0.05) is 37.2 Å². The summed E-state index contributed by atoms with van der Waals surface area (Å²) < 4.78 is 10.9. The second-order valence-corrected chi connectivity index (χ2v) is 10.6. The number of esters is 1. The Morgan fingerprint density at radius 3 is 2.77 bits per heavy atom. The van der Waals surface area contributed by atoms with Crippen LogP contribution in [0, 0.1) is 11.3 Å². The Bertz CT molecular complexity index is 926. The first-order valence-corrected chi connectivity index (χ1v) is 11.6. The number of aryl methyl sites for hydroxylation is 1. The number of anilines is 1. The van der Waals surface area contributed by atoms with Crippen molar-refractivity contribution in [2.24, 2.45) is 18.4 Å². The third kappa shape index (κ3) is 4.80. The molecule has 10 heteroatoms. The molecule has 0 aliphatic heterocycles. The number of thiophene rings is 1. The van der Waals surface area contributed by atoms with E-state index in [1.165, 1.54) is 34.9 Å². The van der Waals surface area contributed by atoms with Crippen molar-refractivity contribution in [2.45, 2.75) is 51.5 Å². The number of carbonyl (C=O) groups is 2. The van der Waals surface area contributed by atoms with Crippen LogP contribution < -0.4 is 15.1 Å². The molecule has 0 spiro atoms. The maximum Gasteiger partial charge on any atom is 0.341 e. The highest BCUT2D eigenvalue weighted by Gasteiger charge is 2.34. The summed E-state index contributed by atoms with van der Waals surface area (Å²) in [6, 6.07) is 0. The number of thioether (sulfide) groups is 1. The first-order chi connectivity index (χ1) is 14.1. The van der Waals surface area contributed by atoms with Crippen LogP contribution in [0.1, 0.15) is 54.4 Å². The van der Waals surface area contributed by atoms with Gasteiger partial charge in [-0.3, -0.25) is 4.79 Å². The van der Waals surface area contributed by atoms with Crippen LogP contribution in [0.15, 0.2) is 9.55 Å². The van der Waals surface area contributed by atoms with E-state index in [4.69, 9.17) is 4.74 Å². The minimum Gasteiger partial charge on any atom is -0.538 e. The highest BCUT2D eigenvalue weighted by molar-refractivity contribution is 7.99. The molecule has 30 heavy (non-hydrogen) atoms. The lowest BCUT2D eigenvalue weighted by molar-refractivity contribution is -0.772. The number of methoxy groups -OCH3 is 1. The molecule has 1 amide bonds. The second kappa shape index (κ2) is 8.97. The van der Waals surface area contributed by atoms with Crippen molar-refractivity contribution < 1.29 is 28.6 Å². The number of hydrogen-bond acceptors (Lipinski definition) is 8.